The van der Waals surface area contributed by atoms with Crippen molar-refractivity contribution < 1.29 is 9.72 Å². The number of hydrogen-bond donors (Lipinski definition) is 1. The van der Waals surface area contributed by atoms with Crippen molar-refractivity contribution in [1.29, 1.82) is 0 Å². The maximum atomic E-state index is 12.5. The topological polar surface area (TPSA) is 88.4 Å². The molecule has 3 rings (SSSR count). The van der Waals surface area contributed by atoms with Gasteiger partial charge in [0.2, 0.25) is 0 Å². The summed E-state index contributed by atoms with van der Waals surface area (Å²) in [6.45, 7) is 1.98. The van der Waals surface area contributed by atoms with Crippen molar-refractivity contribution in [3.05, 3.63) is 52.2 Å². The van der Waals surface area contributed by atoms with E-state index in [1.54, 1.807) is 18.3 Å². The molecule has 0 unspecified atom stereocenters. The third-order valence-electron chi connectivity index (χ3n) is 4.08. The number of rotatable bonds is 5. The number of aromatic nitrogens is 1. The molecule has 8 heteroatoms. The van der Waals surface area contributed by atoms with Crippen LogP contribution in [0.4, 0.5) is 17.2 Å². The molecule has 7 nitrogen and oxygen atoms in total. The Hall–Kier alpha value is -2.61. The van der Waals surface area contributed by atoms with Crippen molar-refractivity contribution in [3.8, 4) is 0 Å². The van der Waals surface area contributed by atoms with Crippen molar-refractivity contribution in [3.63, 3.8) is 0 Å². The van der Waals surface area contributed by atoms with Crippen LogP contribution in [-0.4, -0.2) is 35.2 Å². The van der Waals surface area contributed by atoms with Gasteiger partial charge >= 0.3 is 0 Å². The maximum Gasteiger partial charge on any atom is 0.282 e. The van der Waals surface area contributed by atoms with Crippen LogP contribution in [0.5, 0.6) is 0 Å². The standard InChI is InChI=1S/C17H18N4O3S/c1-25-13-5-6-15(21(23)24)14(10-13)17(22)19-12-4-7-16(18-11-12)20-8-2-3-9-20/h4-7,10-11H,2-3,8-9H2,1H3,(H,19,22). The van der Waals surface area contributed by atoms with E-state index >= 15 is 0 Å². The Bertz CT molecular complexity index is 789. The van der Waals surface area contributed by atoms with Gasteiger partial charge in [0.25, 0.3) is 11.6 Å². The maximum absolute atomic E-state index is 12.5. The predicted octanol–water partition coefficient (Wildman–Crippen LogP) is 3.56. The summed E-state index contributed by atoms with van der Waals surface area (Å²) in [5.74, 6) is 0.365. The smallest absolute Gasteiger partial charge is 0.282 e. The van der Waals surface area contributed by atoms with E-state index < -0.39 is 10.8 Å². The Morgan fingerprint density at radius 2 is 2.04 bits per heavy atom. The van der Waals surface area contributed by atoms with Crippen molar-refractivity contribution >= 4 is 34.9 Å². The molecule has 1 aromatic heterocycles. The lowest BCUT2D eigenvalue weighted by Crippen LogP contribution is -2.19. The fraction of sp³-hybridized carbons (Fsp3) is 0.294. The molecular weight excluding hydrogens is 340 g/mol. The van der Waals surface area contributed by atoms with Crippen LogP contribution in [0, 0.1) is 10.1 Å². The summed E-state index contributed by atoms with van der Waals surface area (Å²) in [5, 5.41) is 13.9. The molecule has 1 N–H and O–H groups in total. The third kappa shape index (κ3) is 3.90. The zero-order valence-electron chi connectivity index (χ0n) is 13.8. The minimum atomic E-state index is -0.548. The highest BCUT2D eigenvalue weighted by molar-refractivity contribution is 7.98. The van der Waals surface area contributed by atoms with Crippen molar-refractivity contribution in [2.24, 2.45) is 0 Å². The normalized spacial score (nSPS) is 13.7. The highest BCUT2D eigenvalue weighted by Gasteiger charge is 2.21. The van der Waals surface area contributed by atoms with Gasteiger partial charge in [-0.1, -0.05) is 0 Å². The summed E-state index contributed by atoms with van der Waals surface area (Å²) in [6.07, 6.45) is 5.75. The second kappa shape index (κ2) is 7.52. The summed E-state index contributed by atoms with van der Waals surface area (Å²) in [5.41, 5.74) is 0.342. The van der Waals surface area contributed by atoms with Gasteiger partial charge in [-0.15, -0.1) is 11.8 Å². The van der Waals surface area contributed by atoms with E-state index in [1.807, 2.05) is 12.3 Å². The number of carbonyl (C=O) groups is 1. The van der Waals surface area contributed by atoms with Crippen LogP contribution >= 0.6 is 11.8 Å². The number of nitrogens with zero attached hydrogens (tertiary/aromatic N) is 3. The number of benzene rings is 1. The molecule has 25 heavy (non-hydrogen) atoms. The van der Waals surface area contributed by atoms with Crippen LogP contribution in [0.15, 0.2) is 41.4 Å². The second-order valence-corrected chi connectivity index (χ2v) is 6.57. The second-order valence-electron chi connectivity index (χ2n) is 5.69. The largest absolute Gasteiger partial charge is 0.357 e. The monoisotopic (exact) mass is 358 g/mol. The number of nitro groups is 1. The summed E-state index contributed by atoms with van der Waals surface area (Å²) < 4.78 is 0. The lowest BCUT2D eigenvalue weighted by atomic mass is 10.1. The van der Waals surface area contributed by atoms with Gasteiger partial charge in [0.15, 0.2) is 0 Å². The van der Waals surface area contributed by atoms with E-state index in [9.17, 15) is 14.9 Å². The Balaban J connectivity index is 1.78. The van der Waals surface area contributed by atoms with E-state index in [4.69, 9.17) is 0 Å². The van der Waals surface area contributed by atoms with E-state index in [2.05, 4.69) is 15.2 Å². The molecule has 0 bridgehead atoms. The van der Waals surface area contributed by atoms with Crippen LogP contribution in [0.3, 0.4) is 0 Å². The molecule has 0 spiro atoms. The van der Waals surface area contributed by atoms with E-state index in [0.29, 0.717) is 5.69 Å². The van der Waals surface area contributed by atoms with Gasteiger partial charge in [0, 0.05) is 24.1 Å². The Morgan fingerprint density at radius 1 is 1.28 bits per heavy atom. The number of carbonyl (C=O) groups excluding carboxylic acids is 1. The van der Waals surface area contributed by atoms with E-state index in [0.717, 1.165) is 36.6 Å². The van der Waals surface area contributed by atoms with Gasteiger partial charge in [0.05, 0.1) is 16.8 Å². The van der Waals surface area contributed by atoms with Crippen LogP contribution in [0.2, 0.25) is 0 Å². The van der Waals surface area contributed by atoms with Crippen LogP contribution in [0.1, 0.15) is 23.2 Å². The van der Waals surface area contributed by atoms with E-state index in [-0.39, 0.29) is 11.3 Å². The van der Waals surface area contributed by atoms with Crippen LogP contribution in [-0.2, 0) is 0 Å². The average molecular weight is 358 g/mol. The van der Waals surface area contributed by atoms with Gasteiger partial charge in [-0.05, 0) is 43.4 Å². The first-order valence-electron chi connectivity index (χ1n) is 7.93. The fourth-order valence-corrected chi connectivity index (χ4v) is 3.21. The predicted molar refractivity (Wildman–Crippen MR) is 98.5 cm³/mol. The highest BCUT2D eigenvalue weighted by atomic mass is 32.2. The molecule has 1 aromatic carbocycles. The summed E-state index contributed by atoms with van der Waals surface area (Å²) >= 11 is 1.42. The zero-order chi connectivity index (χ0) is 17.8. The highest BCUT2D eigenvalue weighted by Crippen LogP contribution is 2.26. The Labute approximate surface area is 149 Å². The van der Waals surface area contributed by atoms with Crippen LogP contribution < -0.4 is 10.2 Å². The molecule has 0 aliphatic carbocycles. The van der Waals surface area contributed by atoms with Gasteiger partial charge in [0.1, 0.15) is 11.4 Å². The molecule has 0 radical (unpaired) electrons. The number of hydrogen-bond acceptors (Lipinski definition) is 6. The Kier molecular flexibility index (Phi) is 5.18. The molecule has 0 atom stereocenters. The van der Waals surface area contributed by atoms with Crippen molar-refractivity contribution in [2.45, 2.75) is 17.7 Å². The SMILES string of the molecule is CSc1ccc([N+](=O)[O-])c(C(=O)Nc2ccc(N3CCCC3)nc2)c1. The molecule has 2 heterocycles. The zero-order valence-corrected chi connectivity index (χ0v) is 14.6. The molecule has 130 valence electrons. The first-order chi connectivity index (χ1) is 12.1. The summed E-state index contributed by atoms with van der Waals surface area (Å²) in [6, 6.07) is 8.14. The van der Waals surface area contributed by atoms with Gasteiger partial charge in [-0.3, -0.25) is 14.9 Å². The number of nitrogens with one attached hydrogen (secondary N) is 1. The van der Waals surface area contributed by atoms with Gasteiger partial charge < -0.3 is 10.2 Å². The molecule has 1 fully saturated rings. The first-order valence-corrected chi connectivity index (χ1v) is 9.16. The number of anilines is 2. The number of amides is 1. The lowest BCUT2D eigenvalue weighted by molar-refractivity contribution is -0.385. The average Bonchev–Trinajstić information content (AvgIpc) is 3.16. The first kappa shape index (κ1) is 17.2. The minimum Gasteiger partial charge on any atom is -0.357 e. The van der Waals surface area contributed by atoms with Gasteiger partial charge in [-0.25, -0.2) is 4.98 Å². The van der Waals surface area contributed by atoms with Crippen molar-refractivity contribution in [2.75, 3.05) is 29.6 Å². The number of nitro benzene ring substituents is 1. The number of pyridine rings is 1. The molecule has 0 saturated carbocycles. The number of thioether (sulfide) groups is 1. The lowest BCUT2D eigenvalue weighted by Gasteiger charge is -2.16. The minimum absolute atomic E-state index is 0.0421. The van der Waals surface area contributed by atoms with Gasteiger partial charge in [-0.2, -0.15) is 0 Å². The molecular formula is C17H18N4O3S. The molecule has 2 aromatic rings. The van der Waals surface area contributed by atoms with Crippen molar-refractivity contribution in [1.82, 2.24) is 4.98 Å². The molecule has 1 aliphatic heterocycles. The summed E-state index contributed by atoms with van der Waals surface area (Å²) in [4.78, 5) is 30.5. The molecule has 1 aliphatic rings. The molecule has 1 amide bonds. The van der Waals surface area contributed by atoms with E-state index in [1.165, 1.54) is 23.9 Å². The Morgan fingerprint density at radius 3 is 2.64 bits per heavy atom. The fourth-order valence-electron chi connectivity index (χ4n) is 2.77. The molecule has 1 saturated heterocycles. The summed E-state index contributed by atoms with van der Waals surface area (Å²) in [7, 11) is 0. The quantitative estimate of drug-likeness (QED) is 0.499. The third-order valence-corrected chi connectivity index (χ3v) is 4.81. The van der Waals surface area contributed by atoms with Crippen LogP contribution in [0.25, 0.3) is 0 Å².